The Bertz CT molecular complexity index is 352. The van der Waals surface area contributed by atoms with Crippen LogP contribution in [0.15, 0.2) is 0 Å². The van der Waals surface area contributed by atoms with Crippen molar-refractivity contribution < 1.29 is 14.3 Å². The molecule has 0 aromatic heterocycles. The van der Waals surface area contributed by atoms with Crippen LogP contribution in [0.25, 0.3) is 0 Å². The number of esters is 1. The van der Waals surface area contributed by atoms with Crippen molar-refractivity contribution in [3.05, 3.63) is 0 Å². The van der Waals surface area contributed by atoms with Gasteiger partial charge in [0.15, 0.2) is 0 Å². The van der Waals surface area contributed by atoms with Gasteiger partial charge in [0.2, 0.25) is 5.91 Å². The second-order valence-electron chi connectivity index (χ2n) is 6.85. The minimum atomic E-state index is -0.258. The average molecular weight is 312 g/mol. The highest BCUT2D eigenvalue weighted by Gasteiger charge is 2.25. The summed E-state index contributed by atoms with van der Waals surface area (Å²) >= 11 is 0. The molecule has 1 aliphatic rings. The molecule has 2 unspecified atom stereocenters. The fourth-order valence-electron chi connectivity index (χ4n) is 3.02. The molecule has 22 heavy (non-hydrogen) atoms. The van der Waals surface area contributed by atoms with Gasteiger partial charge in [0, 0.05) is 19.5 Å². The van der Waals surface area contributed by atoms with Crippen molar-refractivity contribution in [2.75, 3.05) is 33.3 Å². The van der Waals surface area contributed by atoms with E-state index < -0.39 is 0 Å². The van der Waals surface area contributed by atoms with Crippen molar-refractivity contribution in [1.29, 1.82) is 0 Å². The van der Waals surface area contributed by atoms with E-state index in [0.29, 0.717) is 37.3 Å². The highest BCUT2D eigenvalue weighted by molar-refractivity contribution is 5.77. The van der Waals surface area contributed by atoms with Gasteiger partial charge >= 0.3 is 5.97 Å². The number of carbonyl (C=O) groups is 2. The summed E-state index contributed by atoms with van der Waals surface area (Å²) in [6.07, 6.45) is 3.24. The first-order chi connectivity index (χ1) is 10.4. The zero-order valence-electron chi connectivity index (χ0n) is 14.6. The zero-order chi connectivity index (χ0) is 16.5. The smallest absolute Gasteiger partial charge is 0.307 e. The summed E-state index contributed by atoms with van der Waals surface area (Å²) in [7, 11) is 1.38. The molecule has 1 heterocycles. The Morgan fingerprint density at radius 2 is 2.05 bits per heavy atom. The van der Waals surface area contributed by atoms with Crippen LogP contribution in [0.2, 0.25) is 0 Å². The molecule has 1 aliphatic heterocycles. The number of methoxy groups -OCH3 is 1. The van der Waals surface area contributed by atoms with Crippen LogP contribution in [0, 0.1) is 17.8 Å². The lowest BCUT2D eigenvalue weighted by atomic mass is 9.85. The van der Waals surface area contributed by atoms with Crippen LogP contribution < -0.4 is 5.32 Å². The highest BCUT2D eigenvalue weighted by Crippen LogP contribution is 2.23. The van der Waals surface area contributed by atoms with Crippen LogP contribution >= 0.6 is 0 Å². The van der Waals surface area contributed by atoms with E-state index in [0.717, 1.165) is 13.1 Å². The Morgan fingerprint density at radius 1 is 1.32 bits per heavy atom. The minimum Gasteiger partial charge on any atom is -0.469 e. The Labute approximate surface area is 134 Å². The number of ether oxygens (including phenoxy) is 1. The molecule has 0 aromatic carbocycles. The van der Waals surface area contributed by atoms with Crippen LogP contribution in [-0.2, 0) is 14.3 Å². The molecular formula is C17H32N2O3. The van der Waals surface area contributed by atoms with Crippen LogP contribution in [0.1, 0.15) is 46.5 Å². The molecule has 5 heteroatoms. The molecule has 0 radical (unpaired) electrons. The van der Waals surface area contributed by atoms with Gasteiger partial charge in [-0.2, -0.15) is 0 Å². The van der Waals surface area contributed by atoms with Crippen molar-refractivity contribution in [2.24, 2.45) is 17.8 Å². The van der Waals surface area contributed by atoms with Crippen LogP contribution in [0.5, 0.6) is 0 Å². The largest absolute Gasteiger partial charge is 0.469 e. The van der Waals surface area contributed by atoms with E-state index >= 15 is 0 Å². The van der Waals surface area contributed by atoms with Crippen LogP contribution in [0.4, 0.5) is 0 Å². The van der Waals surface area contributed by atoms with Gasteiger partial charge < -0.3 is 15.0 Å². The predicted molar refractivity (Wildman–Crippen MR) is 87.4 cm³/mol. The number of amides is 1. The van der Waals surface area contributed by atoms with E-state index in [-0.39, 0.29) is 18.3 Å². The Hall–Kier alpha value is -1.10. The van der Waals surface area contributed by atoms with Gasteiger partial charge in [0.1, 0.15) is 0 Å². The van der Waals surface area contributed by atoms with Crippen LogP contribution in [-0.4, -0.2) is 50.1 Å². The van der Waals surface area contributed by atoms with Gasteiger partial charge in [-0.25, -0.2) is 0 Å². The molecular weight excluding hydrogens is 280 g/mol. The molecule has 0 saturated carbocycles. The number of piperidine rings is 1. The second-order valence-corrected chi connectivity index (χ2v) is 6.85. The molecule has 1 saturated heterocycles. The lowest BCUT2D eigenvalue weighted by Gasteiger charge is -2.30. The highest BCUT2D eigenvalue weighted by atomic mass is 16.5. The molecule has 0 bridgehead atoms. The fraction of sp³-hybridized carbons (Fsp3) is 0.882. The molecule has 0 spiro atoms. The third-order valence-corrected chi connectivity index (χ3v) is 4.39. The molecule has 2 atom stereocenters. The van der Waals surface area contributed by atoms with Gasteiger partial charge in [0.05, 0.1) is 13.5 Å². The topological polar surface area (TPSA) is 58.6 Å². The second kappa shape index (κ2) is 9.82. The minimum absolute atomic E-state index is 0.163. The molecule has 128 valence electrons. The number of hydrogen-bond acceptors (Lipinski definition) is 4. The lowest BCUT2D eigenvalue weighted by molar-refractivity contribution is -0.142. The summed E-state index contributed by atoms with van der Waals surface area (Å²) in [6, 6.07) is 0. The van der Waals surface area contributed by atoms with Crippen molar-refractivity contribution in [1.82, 2.24) is 10.2 Å². The van der Waals surface area contributed by atoms with E-state index in [1.807, 2.05) is 4.90 Å². The van der Waals surface area contributed by atoms with Gasteiger partial charge in [-0.05, 0) is 43.7 Å². The van der Waals surface area contributed by atoms with Crippen molar-refractivity contribution in [2.45, 2.75) is 46.5 Å². The summed E-state index contributed by atoms with van der Waals surface area (Å²) in [6.45, 7) is 9.62. The van der Waals surface area contributed by atoms with E-state index in [1.54, 1.807) is 0 Å². The SMILES string of the molecule is COC(=O)CCN(CC(C)C)C(=O)CC(C)C1CCCNC1. The maximum Gasteiger partial charge on any atom is 0.307 e. The van der Waals surface area contributed by atoms with Gasteiger partial charge in [-0.15, -0.1) is 0 Å². The number of nitrogens with zero attached hydrogens (tertiary/aromatic N) is 1. The Kier molecular flexibility index (Phi) is 8.46. The predicted octanol–water partition coefficient (Wildman–Crippen LogP) is 2.06. The fourth-order valence-corrected chi connectivity index (χ4v) is 3.02. The third-order valence-electron chi connectivity index (χ3n) is 4.39. The normalized spacial score (nSPS) is 19.8. The molecule has 5 nitrogen and oxygen atoms in total. The summed E-state index contributed by atoms with van der Waals surface area (Å²) < 4.78 is 4.68. The summed E-state index contributed by atoms with van der Waals surface area (Å²) in [5.74, 6) is 1.27. The van der Waals surface area contributed by atoms with E-state index in [4.69, 9.17) is 0 Å². The van der Waals surface area contributed by atoms with Crippen LogP contribution in [0.3, 0.4) is 0 Å². The first kappa shape index (κ1) is 18.9. The van der Waals surface area contributed by atoms with E-state index in [1.165, 1.54) is 20.0 Å². The molecule has 1 fully saturated rings. The monoisotopic (exact) mass is 312 g/mol. The van der Waals surface area contributed by atoms with E-state index in [9.17, 15) is 9.59 Å². The summed E-state index contributed by atoms with van der Waals surface area (Å²) in [5.41, 5.74) is 0. The Balaban J connectivity index is 2.51. The number of carbonyl (C=O) groups excluding carboxylic acids is 2. The lowest BCUT2D eigenvalue weighted by Crippen LogP contribution is -2.39. The first-order valence-corrected chi connectivity index (χ1v) is 8.49. The van der Waals surface area contributed by atoms with Gasteiger partial charge in [-0.1, -0.05) is 20.8 Å². The standard InChI is InChI=1S/C17H32N2O3/c1-13(2)12-19(9-7-17(21)22-4)16(20)10-14(3)15-6-5-8-18-11-15/h13-15,18H,5-12H2,1-4H3. The quantitative estimate of drug-likeness (QED) is 0.697. The molecule has 1 N–H and O–H groups in total. The zero-order valence-corrected chi connectivity index (χ0v) is 14.6. The van der Waals surface area contributed by atoms with Crippen molar-refractivity contribution >= 4 is 11.9 Å². The number of nitrogens with one attached hydrogen (secondary N) is 1. The van der Waals surface area contributed by atoms with Gasteiger partial charge in [0.25, 0.3) is 0 Å². The van der Waals surface area contributed by atoms with Crippen molar-refractivity contribution in [3.8, 4) is 0 Å². The van der Waals surface area contributed by atoms with Crippen molar-refractivity contribution in [3.63, 3.8) is 0 Å². The number of rotatable bonds is 8. The maximum absolute atomic E-state index is 12.6. The van der Waals surface area contributed by atoms with Gasteiger partial charge in [-0.3, -0.25) is 9.59 Å². The molecule has 0 aromatic rings. The Morgan fingerprint density at radius 3 is 2.59 bits per heavy atom. The average Bonchev–Trinajstić information content (AvgIpc) is 2.51. The molecule has 1 amide bonds. The number of hydrogen-bond donors (Lipinski definition) is 1. The summed E-state index contributed by atoms with van der Waals surface area (Å²) in [5, 5.41) is 3.41. The molecule has 0 aliphatic carbocycles. The first-order valence-electron chi connectivity index (χ1n) is 8.49. The van der Waals surface area contributed by atoms with E-state index in [2.05, 4.69) is 30.8 Å². The third kappa shape index (κ3) is 6.77. The summed E-state index contributed by atoms with van der Waals surface area (Å²) in [4.78, 5) is 25.7. The maximum atomic E-state index is 12.6. The molecule has 1 rings (SSSR count).